The number of ether oxygens (including phenoxy) is 1. The van der Waals surface area contributed by atoms with Gasteiger partial charge in [-0.05, 0) is 25.3 Å². The molecule has 0 aliphatic carbocycles. The molecule has 0 bridgehead atoms. The van der Waals surface area contributed by atoms with E-state index in [1.807, 2.05) is 26.0 Å². The Kier molecular flexibility index (Phi) is 4.67. The van der Waals surface area contributed by atoms with Gasteiger partial charge in [-0.25, -0.2) is 4.79 Å². The minimum Gasteiger partial charge on any atom is -0.456 e. The summed E-state index contributed by atoms with van der Waals surface area (Å²) in [6.45, 7) is 3.74. The third-order valence-corrected chi connectivity index (χ3v) is 6.25. The van der Waals surface area contributed by atoms with Crippen LogP contribution in [0.5, 0.6) is 0 Å². The predicted molar refractivity (Wildman–Crippen MR) is 91.8 cm³/mol. The van der Waals surface area contributed by atoms with Crippen LogP contribution in [0.25, 0.3) is 0 Å². The Hall–Kier alpha value is -1.82. The fraction of sp³-hybridized carbons (Fsp3) is 0.500. The first-order chi connectivity index (χ1) is 11.4. The Morgan fingerprint density at radius 3 is 2.71 bits per heavy atom. The summed E-state index contributed by atoms with van der Waals surface area (Å²) in [5.74, 6) is -0.196. The summed E-state index contributed by atoms with van der Waals surface area (Å²) in [4.78, 5) is 37.9. The topological polar surface area (TPSA) is 63.7 Å². The molecular weight excluding hydrogens is 326 g/mol. The zero-order chi connectivity index (χ0) is 17.3. The summed E-state index contributed by atoms with van der Waals surface area (Å²) in [5.41, 5.74) is 1.68. The van der Waals surface area contributed by atoms with Crippen LogP contribution >= 0.6 is 11.8 Å². The molecule has 2 aliphatic heterocycles. The maximum atomic E-state index is 12.3. The van der Waals surface area contributed by atoms with E-state index in [0.717, 1.165) is 18.4 Å². The molecule has 0 spiro atoms. The van der Waals surface area contributed by atoms with Gasteiger partial charge in [0.15, 0.2) is 12.4 Å². The highest BCUT2D eigenvalue weighted by molar-refractivity contribution is 8.01. The molecule has 0 aromatic heterocycles. The van der Waals surface area contributed by atoms with Gasteiger partial charge in [-0.3, -0.25) is 9.59 Å². The second-order valence-corrected chi connectivity index (χ2v) is 7.85. The number of hydrogen-bond acceptors (Lipinski definition) is 5. The van der Waals surface area contributed by atoms with Crippen LogP contribution in [0.4, 0.5) is 0 Å². The minimum absolute atomic E-state index is 0.00840. The van der Waals surface area contributed by atoms with Gasteiger partial charge >= 0.3 is 5.97 Å². The first kappa shape index (κ1) is 17.0. The van der Waals surface area contributed by atoms with Gasteiger partial charge in [0, 0.05) is 17.7 Å². The third-order valence-electron chi connectivity index (χ3n) is 4.75. The molecule has 5 nitrogen and oxygen atoms in total. The lowest BCUT2D eigenvalue weighted by molar-refractivity contribution is -0.152. The molecule has 2 heterocycles. The maximum absolute atomic E-state index is 12.3. The van der Waals surface area contributed by atoms with Crippen LogP contribution in [0.2, 0.25) is 0 Å². The molecule has 0 unspecified atom stereocenters. The highest BCUT2D eigenvalue weighted by Gasteiger charge is 2.53. The standard InChI is InChI=1S/C18H21NO4S/c1-3-12-4-6-13(7-5-12)15(20)10-23-17(22)14-11-24-18(2)9-8-16(21)19(14)18/h4-7,14H,3,8-11H2,1-2H3/t14-,18-/m0/s1. The van der Waals surface area contributed by atoms with Crippen LogP contribution in [0, 0.1) is 0 Å². The van der Waals surface area contributed by atoms with Crippen molar-refractivity contribution in [1.29, 1.82) is 0 Å². The summed E-state index contributed by atoms with van der Waals surface area (Å²) in [5, 5.41) is 0. The van der Waals surface area contributed by atoms with E-state index >= 15 is 0 Å². The predicted octanol–water partition coefficient (Wildman–Crippen LogP) is 2.43. The number of fused-ring (bicyclic) bond motifs is 1. The molecule has 1 aromatic rings. The highest BCUT2D eigenvalue weighted by Crippen LogP contribution is 2.47. The monoisotopic (exact) mass is 347 g/mol. The van der Waals surface area contributed by atoms with Crippen molar-refractivity contribution in [2.75, 3.05) is 12.4 Å². The van der Waals surface area contributed by atoms with E-state index in [1.54, 1.807) is 28.8 Å². The summed E-state index contributed by atoms with van der Waals surface area (Å²) >= 11 is 1.61. The van der Waals surface area contributed by atoms with E-state index in [9.17, 15) is 14.4 Å². The smallest absolute Gasteiger partial charge is 0.330 e. The first-order valence-corrected chi connectivity index (χ1v) is 9.18. The normalized spacial score (nSPS) is 25.7. The maximum Gasteiger partial charge on any atom is 0.330 e. The molecule has 24 heavy (non-hydrogen) atoms. The Balaban J connectivity index is 1.59. The van der Waals surface area contributed by atoms with Crippen molar-refractivity contribution in [2.24, 2.45) is 0 Å². The average Bonchev–Trinajstić information content (AvgIpc) is 3.09. The fourth-order valence-corrected chi connectivity index (χ4v) is 4.65. The second kappa shape index (κ2) is 6.59. The van der Waals surface area contributed by atoms with E-state index < -0.39 is 12.0 Å². The summed E-state index contributed by atoms with van der Waals surface area (Å²) in [7, 11) is 0. The SMILES string of the molecule is CCc1ccc(C(=O)COC(=O)[C@@H]2CS[C@@]3(C)CCC(=O)N23)cc1. The number of carbonyl (C=O) groups is 3. The number of amides is 1. The van der Waals surface area contributed by atoms with E-state index in [-0.39, 0.29) is 23.2 Å². The zero-order valence-corrected chi connectivity index (χ0v) is 14.7. The van der Waals surface area contributed by atoms with Crippen molar-refractivity contribution >= 4 is 29.4 Å². The van der Waals surface area contributed by atoms with Crippen LogP contribution in [0.15, 0.2) is 24.3 Å². The minimum atomic E-state index is -0.578. The molecule has 0 saturated carbocycles. The summed E-state index contributed by atoms with van der Waals surface area (Å²) in [6, 6.07) is 6.72. The quantitative estimate of drug-likeness (QED) is 0.605. The van der Waals surface area contributed by atoms with Crippen molar-refractivity contribution < 1.29 is 19.1 Å². The van der Waals surface area contributed by atoms with E-state index in [0.29, 0.717) is 17.7 Å². The van der Waals surface area contributed by atoms with Crippen molar-refractivity contribution in [3.63, 3.8) is 0 Å². The largest absolute Gasteiger partial charge is 0.456 e. The molecular formula is C18H21NO4S. The van der Waals surface area contributed by atoms with Crippen LogP contribution in [0.1, 0.15) is 42.6 Å². The van der Waals surface area contributed by atoms with Gasteiger partial charge in [-0.2, -0.15) is 0 Å². The lowest BCUT2D eigenvalue weighted by Gasteiger charge is -2.29. The summed E-state index contributed by atoms with van der Waals surface area (Å²) < 4.78 is 5.20. The molecule has 1 aromatic carbocycles. The van der Waals surface area contributed by atoms with E-state index in [2.05, 4.69) is 0 Å². The summed E-state index contributed by atoms with van der Waals surface area (Å²) in [6.07, 6.45) is 2.13. The van der Waals surface area contributed by atoms with Gasteiger partial charge < -0.3 is 9.64 Å². The van der Waals surface area contributed by atoms with E-state index in [4.69, 9.17) is 4.74 Å². The molecule has 0 N–H and O–H groups in total. The van der Waals surface area contributed by atoms with E-state index in [1.165, 1.54) is 0 Å². The number of benzene rings is 1. The molecule has 2 saturated heterocycles. The molecule has 1 amide bonds. The van der Waals surface area contributed by atoms with Gasteiger partial charge in [0.1, 0.15) is 6.04 Å². The van der Waals surface area contributed by atoms with Crippen LogP contribution < -0.4 is 0 Å². The number of esters is 1. The van der Waals surface area contributed by atoms with Gasteiger partial charge in [-0.1, -0.05) is 31.2 Å². The molecule has 2 atom stereocenters. The molecule has 0 radical (unpaired) electrons. The van der Waals surface area contributed by atoms with Crippen molar-refractivity contribution in [2.45, 2.75) is 44.0 Å². The highest BCUT2D eigenvalue weighted by atomic mass is 32.2. The van der Waals surface area contributed by atoms with Crippen molar-refractivity contribution in [1.82, 2.24) is 4.90 Å². The van der Waals surface area contributed by atoms with Crippen LogP contribution in [-0.4, -0.2) is 45.8 Å². The molecule has 128 valence electrons. The molecule has 3 rings (SSSR count). The Morgan fingerprint density at radius 2 is 2.04 bits per heavy atom. The number of nitrogens with zero attached hydrogens (tertiary/aromatic N) is 1. The number of thioether (sulfide) groups is 1. The molecule has 6 heteroatoms. The third kappa shape index (κ3) is 3.07. The van der Waals surface area contributed by atoms with Crippen molar-refractivity contribution in [3.8, 4) is 0 Å². The molecule has 2 aliphatic rings. The average molecular weight is 347 g/mol. The van der Waals surface area contributed by atoms with Gasteiger partial charge in [0.05, 0.1) is 4.87 Å². The zero-order valence-electron chi connectivity index (χ0n) is 13.9. The molecule has 2 fully saturated rings. The number of ketones is 1. The number of carbonyl (C=O) groups excluding carboxylic acids is 3. The van der Waals surface area contributed by atoms with Gasteiger partial charge in [0.25, 0.3) is 0 Å². The van der Waals surface area contributed by atoms with Crippen LogP contribution in [0.3, 0.4) is 0 Å². The Labute approximate surface area is 145 Å². The number of Topliss-reactive ketones (excluding diaryl/α,β-unsaturated/α-hetero) is 1. The van der Waals surface area contributed by atoms with Gasteiger partial charge in [0.2, 0.25) is 5.91 Å². The number of hydrogen-bond donors (Lipinski definition) is 0. The number of aryl methyl sites for hydroxylation is 1. The Bertz CT molecular complexity index is 672. The lowest BCUT2D eigenvalue weighted by Crippen LogP contribution is -2.46. The van der Waals surface area contributed by atoms with Crippen LogP contribution in [-0.2, 0) is 20.7 Å². The first-order valence-electron chi connectivity index (χ1n) is 8.19. The van der Waals surface area contributed by atoms with Crippen molar-refractivity contribution in [3.05, 3.63) is 35.4 Å². The lowest BCUT2D eigenvalue weighted by atomic mass is 10.1. The van der Waals surface area contributed by atoms with Gasteiger partial charge in [-0.15, -0.1) is 11.8 Å². The number of rotatable bonds is 5. The fourth-order valence-electron chi connectivity index (χ4n) is 3.24. The second-order valence-electron chi connectivity index (χ2n) is 6.35. The Morgan fingerprint density at radius 1 is 1.33 bits per heavy atom.